The summed E-state index contributed by atoms with van der Waals surface area (Å²) in [5, 5.41) is 0. The van der Waals surface area contributed by atoms with Crippen LogP contribution in [0.2, 0.25) is 0 Å². The molecule has 0 aliphatic heterocycles. The van der Waals surface area contributed by atoms with Gasteiger partial charge in [-0.2, -0.15) is 0 Å². The van der Waals surface area contributed by atoms with Crippen molar-refractivity contribution in [1.29, 1.82) is 0 Å². The SMILES string of the molecule is CC(C)CC(CN)COC=O. The minimum atomic E-state index is 0.320. The second-order valence-electron chi connectivity index (χ2n) is 3.16. The number of hydrogen-bond donors (Lipinski definition) is 1. The second-order valence-corrected chi connectivity index (χ2v) is 3.16. The summed E-state index contributed by atoms with van der Waals surface area (Å²) in [5.74, 6) is 0.930. The second kappa shape index (κ2) is 6.16. The lowest BCUT2D eigenvalue weighted by Gasteiger charge is -2.14. The van der Waals surface area contributed by atoms with Crippen molar-refractivity contribution in [3.8, 4) is 0 Å². The minimum Gasteiger partial charge on any atom is -0.468 e. The molecule has 1 unspecified atom stereocenters. The van der Waals surface area contributed by atoms with Crippen LogP contribution in [0.5, 0.6) is 0 Å². The highest BCUT2D eigenvalue weighted by Gasteiger charge is 2.08. The fourth-order valence-corrected chi connectivity index (χ4v) is 1.07. The van der Waals surface area contributed by atoms with Gasteiger partial charge in [0.15, 0.2) is 0 Å². The highest BCUT2D eigenvalue weighted by atomic mass is 16.5. The summed E-state index contributed by atoms with van der Waals surface area (Å²) >= 11 is 0. The van der Waals surface area contributed by atoms with E-state index in [2.05, 4.69) is 18.6 Å². The summed E-state index contributed by atoms with van der Waals surface area (Å²) < 4.78 is 4.63. The predicted molar refractivity (Wildman–Crippen MR) is 44.0 cm³/mol. The van der Waals surface area contributed by atoms with Crippen LogP contribution in [0.15, 0.2) is 0 Å². The lowest BCUT2D eigenvalue weighted by atomic mass is 9.98. The molecule has 0 aromatic carbocycles. The normalized spacial score (nSPS) is 13.1. The molecule has 66 valence electrons. The highest BCUT2D eigenvalue weighted by Crippen LogP contribution is 2.09. The van der Waals surface area contributed by atoms with Crippen molar-refractivity contribution in [3.05, 3.63) is 0 Å². The molecule has 0 rings (SSSR count). The minimum absolute atomic E-state index is 0.320. The van der Waals surface area contributed by atoms with E-state index in [9.17, 15) is 4.79 Å². The van der Waals surface area contributed by atoms with E-state index in [1.54, 1.807) is 0 Å². The highest BCUT2D eigenvalue weighted by molar-refractivity contribution is 5.36. The Labute approximate surface area is 67.9 Å². The third kappa shape index (κ3) is 5.85. The van der Waals surface area contributed by atoms with Gasteiger partial charge in [0.1, 0.15) is 0 Å². The molecule has 0 heterocycles. The topological polar surface area (TPSA) is 52.3 Å². The molecule has 3 heteroatoms. The van der Waals surface area contributed by atoms with Crippen molar-refractivity contribution < 1.29 is 9.53 Å². The number of nitrogens with two attached hydrogens (primary N) is 1. The average molecular weight is 159 g/mol. The lowest BCUT2D eigenvalue weighted by molar-refractivity contribution is -0.130. The van der Waals surface area contributed by atoms with Crippen LogP contribution in [0.4, 0.5) is 0 Å². The molecule has 2 N–H and O–H groups in total. The molecule has 0 amide bonds. The van der Waals surface area contributed by atoms with E-state index in [0.717, 1.165) is 6.42 Å². The van der Waals surface area contributed by atoms with Crippen molar-refractivity contribution in [2.24, 2.45) is 17.6 Å². The summed E-state index contributed by atoms with van der Waals surface area (Å²) in [4.78, 5) is 9.85. The van der Waals surface area contributed by atoms with Gasteiger partial charge in [0, 0.05) is 5.92 Å². The van der Waals surface area contributed by atoms with Crippen LogP contribution in [0, 0.1) is 11.8 Å². The molecule has 11 heavy (non-hydrogen) atoms. The maximum absolute atomic E-state index is 9.85. The number of ether oxygens (including phenoxy) is 1. The van der Waals surface area contributed by atoms with Crippen molar-refractivity contribution in [2.75, 3.05) is 13.2 Å². The Balaban J connectivity index is 3.48. The van der Waals surface area contributed by atoms with Gasteiger partial charge in [-0.1, -0.05) is 13.8 Å². The van der Waals surface area contributed by atoms with Crippen LogP contribution in [0.1, 0.15) is 20.3 Å². The summed E-state index contributed by atoms with van der Waals surface area (Å²) in [6, 6.07) is 0. The Morgan fingerprint density at radius 1 is 1.55 bits per heavy atom. The Bertz CT molecular complexity index is 104. The van der Waals surface area contributed by atoms with Gasteiger partial charge in [-0.05, 0) is 18.9 Å². The summed E-state index contributed by atoms with van der Waals surface area (Å²) in [6.45, 7) is 5.78. The van der Waals surface area contributed by atoms with Crippen LogP contribution in [0.25, 0.3) is 0 Å². The van der Waals surface area contributed by atoms with Crippen molar-refractivity contribution in [3.63, 3.8) is 0 Å². The molecule has 0 aliphatic carbocycles. The Morgan fingerprint density at radius 3 is 2.55 bits per heavy atom. The largest absolute Gasteiger partial charge is 0.468 e. The zero-order valence-corrected chi connectivity index (χ0v) is 7.25. The fourth-order valence-electron chi connectivity index (χ4n) is 1.07. The maximum atomic E-state index is 9.85. The van der Waals surface area contributed by atoms with Gasteiger partial charge in [0.2, 0.25) is 0 Å². The molecule has 0 radical (unpaired) electrons. The van der Waals surface area contributed by atoms with Gasteiger partial charge >= 0.3 is 0 Å². The van der Waals surface area contributed by atoms with Gasteiger partial charge in [-0.3, -0.25) is 4.79 Å². The number of rotatable bonds is 6. The molecule has 0 saturated carbocycles. The molecule has 0 spiro atoms. The van der Waals surface area contributed by atoms with Crippen LogP contribution < -0.4 is 5.73 Å². The van der Waals surface area contributed by atoms with E-state index in [4.69, 9.17) is 5.73 Å². The first-order chi connectivity index (χ1) is 5.20. The van der Waals surface area contributed by atoms with Gasteiger partial charge in [0.25, 0.3) is 6.47 Å². The predicted octanol–water partition coefficient (Wildman–Crippen LogP) is 0.780. The summed E-state index contributed by atoms with van der Waals surface area (Å²) in [5.41, 5.74) is 5.47. The molecule has 0 aliphatic rings. The summed E-state index contributed by atoms with van der Waals surface area (Å²) in [7, 11) is 0. The van der Waals surface area contributed by atoms with Crippen molar-refractivity contribution in [1.82, 2.24) is 0 Å². The van der Waals surface area contributed by atoms with Crippen LogP contribution in [-0.2, 0) is 9.53 Å². The first-order valence-corrected chi connectivity index (χ1v) is 3.96. The molecule has 0 fully saturated rings. The van der Waals surface area contributed by atoms with Gasteiger partial charge < -0.3 is 10.5 Å². The van der Waals surface area contributed by atoms with Gasteiger partial charge in [-0.15, -0.1) is 0 Å². The fraction of sp³-hybridized carbons (Fsp3) is 0.875. The monoisotopic (exact) mass is 159 g/mol. The van der Waals surface area contributed by atoms with Gasteiger partial charge in [-0.25, -0.2) is 0 Å². The number of carbonyl (C=O) groups is 1. The molecule has 1 atom stereocenters. The van der Waals surface area contributed by atoms with E-state index in [-0.39, 0.29) is 0 Å². The third-order valence-corrected chi connectivity index (χ3v) is 1.54. The molecule has 0 aromatic heterocycles. The van der Waals surface area contributed by atoms with E-state index in [0.29, 0.717) is 31.5 Å². The molecular formula is C8H17NO2. The van der Waals surface area contributed by atoms with Crippen molar-refractivity contribution in [2.45, 2.75) is 20.3 Å². The molecule has 3 nitrogen and oxygen atoms in total. The Kier molecular flexibility index (Phi) is 5.84. The number of hydrogen-bond acceptors (Lipinski definition) is 3. The Hall–Kier alpha value is -0.570. The van der Waals surface area contributed by atoms with Crippen LogP contribution in [-0.4, -0.2) is 19.6 Å². The molecule has 0 saturated heterocycles. The quantitative estimate of drug-likeness (QED) is 0.583. The molecular weight excluding hydrogens is 142 g/mol. The van der Waals surface area contributed by atoms with Crippen molar-refractivity contribution >= 4 is 6.47 Å². The Morgan fingerprint density at radius 2 is 2.18 bits per heavy atom. The first-order valence-electron chi connectivity index (χ1n) is 3.96. The van der Waals surface area contributed by atoms with E-state index in [1.165, 1.54) is 0 Å². The van der Waals surface area contributed by atoms with E-state index in [1.807, 2.05) is 0 Å². The zero-order chi connectivity index (χ0) is 8.69. The smallest absolute Gasteiger partial charge is 0.293 e. The van der Waals surface area contributed by atoms with Crippen LogP contribution in [0.3, 0.4) is 0 Å². The lowest BCUT2D eigenvalue weighted by Crippen LogP contribution is -2.21. The number of carbonyl (C=O) groups excluding carboxylic acids is 1. The molecule has 0 aromatic rings. The molecule has 0 bridgehead atoms. The van der Waals surface area contributed by atoms with Gasteiger partial charge in [0.05, 0.1) is 6.61 Å². The average Bonchev–Trinajstić information content (AvgIpc) is 1.97. The van der Waals surface area contributed by atoms with E-state index < -0.39 is 0 Å². The summed E-state index contributed by atoms with van der Waals surface area (Å²) in [6.07, 6.45) is 1.02. The maximum Gasteiger partial charge on any atom is 0.293 e. The third-order valence-electron chi connectivity index (χ3n) is 1.54. The first kappa shape index (κ1) is 10.4. The van der Waals surface area contributed by atoms with E-state index >= 15 is 0 Å². The van der Waals surface area contributed by atoms with Crippen LogP contribution >= 0.6 is 0 Å². The zero-order valence-electron chi connectivity index (χ0n) is 7.25. The standard InChI is InChI=1S/C8H17NO2/c1-7(2)3-8(4-9)5-11-6-10/h6-8H,3-5,9H2,1-2H3.